The fourth-order valence-corrected chi connectivity index (χ4v) is 6.03. The molecule has 144 valence electrons. The van der Waals surface area contributed by atoms with E-state index < -0.39 is 9.84 Å². The van der Waals surface area contributed by atoms with Crippen molar-refractivity contribution in [2.75, 3.05) is 18.1 Å². The average molecular weight is 381 g/mol. The number of hydrogen-bond donors (Lipinski definition) is 2. The van der Waals surface area contributed by atoms with Crippen LogP contribution >= 0.6 is 0 Å². The predicted molar refractivity (Wildman–Crippen MR) is 99.7 cm³/mol. The first kappa shape index (κ1) is 17.8. The molecule has 1 aliphatic carbocycles. The third kappa shape index (κ3) is 4.36. The van der Waals surface area contributed by atoms with Crippen molar-refractivity contribution in [1.82, 2.24) is 25.4 Å². The highest BCUT2D eigenvalue weighted by molar-refractivity contribution is 7.91. The van der Waals surface area contributed by atoms with Gasteiger partial charge in [0.15, 0.2) is 15.8 Å². The Kier molecular flexibility index (Phi) is 5.15. The van der Waals surface area contributed by atoms with Crippen LogP contribution in [0.4, 0.5) is 0 Å². The van der Waals surface area contributed by atoms with E-state index in [1.54, 1.807) is 6.33 Å². The molecule has 3 aliphatic rings. The predicted octanol–water partition coefficient (Wildman–Crippen LogP) is 0.505. The molecule has 1 aromatic heterocycles. The van der Waals surface area contributed by atoms with E-state index in [-0.39, 0.29) is 17.7 Å². The van der Waals surface area contributed by atoms with Crippen LogP contribution in [-0.4, -0.2) is 59.3 Å². The lowest BCUT2D eigenvalue weighted by molar-refractivity contribution is 0.390. The molecule has 1 saturated heterocycles. The van der Waals surface area contributed by atoms with E-state index in [4.69, 9.17) is 4.99 Å². The Labute approximate surface area is 154 Å². The number of hydrogen-bond acceptors (Lipinski definition) is 5. The van der Waals surface area contributed by atoms with Crippen LogP contribution in [0.1, 0.15) is 44.3 Å². The molecular weight excluding hydrogens is 352 g/mol. The Hall–Kier alpha value is -1.64. The van der Waals surface area contributed by atoms with Gasteiger partial charge in [-0.3, -0.25) is 4.99 Å². The van der Waals surface area contributed by atoms with Gasteiger partial charge in [-0.05, 0) is 31.6 Å². The van der Waals surface area contributed by atoms with Crippen LogP contribution in [0.2, 0.25) is 0 Å². The van der Waals surface area contributed by atoms with Crippen molar-refractivity contribution >= 4 is 15.8 Å². The number of nitrogens with zero attached hydrogens (tertiary/aromatic N) is 4. The molecule has 0 bridgehead atoms. The fourth-order valence-electron chi connectivity index (χ4n) is 4.18. The smallest absolute Gasteiger partial charge is 0.191 e. The van der Waals surface area contributed by atoms with Gasteiger partial charge in [0.25, 0.3) is 0 Å². The van der Waals surface area contributed by atoms with Crippen molar-refractivity contribution < 1.29 is 8.42 Å². The fraction of sp³-hybridized carbons (Fsp3) is 0.824. The maximum atomic E-state index is 11.7. The molecule has 2 atom stereocenters. The quantitative estimate of drug-likeness (QED) is 0.583. The van der Waals surface area contributed by atoms with Gasteiger partial charge in [-0.2, -0.15) is 5.10 Å². The summed E-state index contributed by atoms with van der Waals surface area (Å²) in [6, 6.07) is 0.739. The second kappa shape index (κ2) is 7.54. The van der Waals surface area contributed by atoms with Crippen molar-refractivity contribution in [2.24, 2.45) is 10.9 Å². The molecule has 2 fully saturated rings. The molecule has 9 heteroatoms. The highest BCUT2D eigenvalue weighted by Crippen LogP contribution is 2.20. The lowest BCUT2D eigenvalue weighted by atomic mass is 10.1. The van der Waals surface area contributed by atoms with Crippen LogP contribution < -0.4 is 10.6 Å². The van der Waals surface area contributed by atoms with Crippen molar-refractivity contribution in [1.29, 1.82) is 0 Å². The third-order valence-corrected chi connectivity index (χ3v) is 7.51. The van der Waals surface area contributed by atoms with Gasteiger partial charge < -0.3 is 10.6 Å². The first-order valence-corrected chi connectivity index (χ1v) is 11.5. The van der Waals surface area contributed by atoms with Gasteiger partial charge in [0, 0.05) is 25.0 Å². The zero-order valence-electron chi connectivity index (χ0n) is 15.1. The normalized spacial score (nSPS) is 28.8. The highest BCUT2D eigenvalue weighted by Gasteiger charge is 2.28. The van der Waals surface area contributed by atoms with Crippen molar-refractivity contribution in [2.45, 2.75) is 63.6 Å². The SMILES string of the molecule is O=S1(=O)CCC(CN=C(NC2CCCC2)NC2CCc3ncnn3C2)C1. The zero-order chi connectivity index (χ0) is 18.0. The molecule has 26 heavy (non-hydrogen) atoms. The lowest BCUT2D eigenvalue weighted by Gasteiger charge is -2.27. The molecule has 1 saturated carbocycles. The largest absolute Gasteiger partial charge is 0.354 e. The van der Waals surface area contributed by atoms with Crippen molar-refractivity contribution in [3.8, 4) is 0 Å². The Balaban J connectivity index is 1.40. The summed E-state index contributed by atoms with van der Waals surface area (Å²) in [5.74, 6) is 2.61. The number of sulfone groups is 1. The van der Waals surface area contributed by atoms with E-state index in [1.807, 2.05) is 4.68 Å². The number of fused-ring (bicyclic) bond motifs is 1. The second-order valence-corrected chi connectivity index (χ2v) is 10.1. The van der Waals surface area contributed by atoms with Crippen LogP contribution in [-0.2, 0) is 22.8 Å². The third-order valence-electron chi connectivity index (χ3n) is 5.68. The first-order valence-electron chi connectivity index (χ1n) is 9.72. The maximum Gasteiger partial charge on any atom is 0.191 e. The average Bonchev–Trinajstić information content (AvgIpc) is 3.33. The van der Waals surface area contributed by atoms with E-state index in [0.717, 1.165) is 37.6 Å². The lowest BCUT2D eigenvalue weighted by Crippen LogP contribution is -2.49. The Morgan fingerprint density at radius 1 is 1.19 bits per heavy atom. The monoisotopic (exact) mass is 380 g/mol. The summed E-state index contributed by atoms with van der Waals surface area (Å²) in [7, 11) is -2.85. The summed E-state index contributed by atoms with van der Waals surface area (Å²) >= 11 is 0. The van der Waals surface area contributed by atoms with Gasteiger partial charge in [-0.15, -0.1) is 0 Å². The summed E-state index contributed by atoms with van der Waals surface area (Å²) in [6.45, 7) is 1.36. The minimum absolute atomic E-state index is 0.149. The number of aryl methyl sites for hydroxylation is 1. The Morgan fingerprint density at radius 2 is 2.00 bits per heavy atom. The molecular formula is C17H28N6O2S. The van der Waals surface area contributed by atoms with Crippen LogP contribution in [0.15, 0.2) is 11.3 Å². The van der Waals surface area contributed by atoms with Crippen LogP contribution in [0.25, 0.3) is 0 Å². The molecule has 0 spiro atoms. The summed E-state index contributed by atoms with van der Waals surface area (Å²) in [5, 5.41) is 11.4. The molecule has 8 nitrogen and oxygen atoms in total. The van der Waals surface area contributed by atoms with E-state index in [2.05, 4.69) is 20.7 Å². The van der Waals surface area contributed by atoms with Gasteiger partial charge in [0.1, 0.15) is 12.2 Å². The Bertz CT molecular complexity index is 753. The number of aliphatic imine (C=N–C) groups is 1. The van der Waals surface area contributed by atoms with Gasteiger partial charge in [0.05, 0.1) is 18.1 Å². The zero-order valence-corrected chi connectivity index (χ0v) is 15.9. The molecule has 1 aromatic rings. The molecule has 3 heterocycles. The number of guanidine groups is 1. The van der Waals surface area contributed by atoms with E-state index >= 15 is 0 Å². The molecule has 0 amide bonds. The molecule has 2 aliphatic heterocycles. The molecule has 0 radical (unpaired) electrons. The number of aromatic nitrogens is 3. The number of rotatable bonds is 4. The van der Waals surface area contributed by atoms with Crippen LogP contribution in [0.3, 0.4) is 0 Å². The first-order chi connectivity index (χ1) is 12.6. The molecule has 2 N–H and O–H groups in total. The van der Waals surface area contributed by atoms with Crippen LogP contribution in [0.5, 0.6) is 0 Å². The maximum absolute atomic E-state index is 11.7. The highest BCUT2D eigenvalue weighted by atomic mass is 32.2. The van der Waals surface area contributed by atoms with Gasteiger partial charge in [-0.1, -0.05) is 12.8 Å². The van der Waals surface area contributed by atoms with E-state index in [1.165, 1.54) is 25.7 Å². The van der Waals surface area contributed by atoms with Crippen LogP contribution in [0, 0.1) is 5.92 Å². The molecule has 2 unspecified atom stereocenters. The van der Waals surface area contributed by atoms with Crippen molar-refractivity contribution in [3.63, 3.8) is 0 Å². The van der Waals surface area contributed by atoms with Gasteiger partial charge in [-0.25, -0.2) is 18.1 Å². The summed E-state index contributed by atoms with van der Waals surface area (Å²) in [6.07, 6.45) is 9.14. The summed E-state index contributed by atoms with van der Waals surface area (Å²) in [4.78, 5) is 9.03. The van der Waals surface area contributed by atoms with Crippen molar-refractivity contribution in [3.05, 3.63) is 12.2 Å². The second-order valence-electron chi connectivity index (χ2n) is 7.82. The number of nitrogens with one attached hydrogen (secondary N) is 2. The van der Waals surface area contributed by atoms with Gasteiger partial charge >= 0.3 is 0 Å². The minimum Gasteiger partial charge on any atom is -0.354 e. The molecule has 0 aromatic carbocycles. The van der Waals surface area contributed by atoms with E-state index in [9.17, 15) is 8.42 Å². The van der Waals surface area contributed by atoms with E-state index in [0.29, 0.717) is 18.3 Å². The minimum atomic E-state index is -2.85. The summed E-state index contributed by atoms with van der Waals surface area (Å²) in [5.41, 5.74) is 0. The van der Waals surface area contributed by atoms with Gasteiger partial charge in [0.2, 0.25) is 0 Å². The Morgan fingerprint density at radius 3 is 2.77 bits per heavy atom. The molecule has 4 rings (SSSR count). The topological polar surface area (TPSA) is 101 Å². The standard InChI is InChI=1S/C17H28N6O2S/c24-26(25)8-7-13(11-26)9-18-17(21-14-3-1-2-4-14)22-15-5-6-16-19-12-20-23(16)10-15/h12-15H,1-11H2,(H2,18,21,22). The summed E-state index contributed by atoms with van der Waals surface area (Å²) < 4.78 is 25.3.